The Morgan fingerprint density at radius 3 is 1.17 bits per heavy atom. The first-order valence-corrected chi connectivity index (χ1v) is 3.74. The summed E-state index contributed by atoms with van der Waals surface area (Å²) >= 11 is 0. The maximum atomic E-state index is 2.08. The van der Waals surface area contributed by atoms with Gasteiger partial charge in [0, 0.05) is 16.5 Å². The van der Waals surface area contributed by atoms with E-state index in [9.17, 15) is 0 Å². The predicted molar refractivity (Wildman–Crippen MR) is 47.6 cm³/mol. The van der Waals surface area contributed by atoms with Crippen LogP contribution < -0.4 is 0 Å². The molecule has 0 spiro atoms. The van der Waals surface area contributed by atoms with Crippen molar-refractivity contribution in [2.45, 2.75) is 6.92 Å². The molecule has 1 heteroatoms. The van der Waals surface area contributed by atoms with Crippen LogP contribution in [0.2, 0.25) is 0 Å². The fourth-order valence-corrected chi connectivity index (χ4v) is 0.791. The van der Waals surface area contributed by atoms with E-state index in [0.717, 1.165) is 0 Å². The van der Waals surface area contributed by atoms with Crippen molar-refractivity contribution in [3.63, 3.8) is 0 Å². The number of hydrogen-bond acceptors (Lipinski definition) is 0. The Bertz CT molecular complexity index is 73.4. The molecule has 0 N–H and O–H groups in total. The summed E-state index contributed by atoms with van der Waals surface area (Å²) in [6, 6.07) is 0. The molecule has 0 atom stereocenters. The van der Waals surface area contributed by atoms with E-state index in [1.807, 2.05) is 44.9 Å². The summed E-state index contributed by atoms with van der Waals surface area (Å²) in [5.41, 5.74) is 0. The van der Waals surface area contributed by atoms with Crippen molar-refractivity contribution in [2.24, 2.45) is 0 Å². The molecule has 0 aromatic carbocycles. The minimum Gasteiger partial charge on any atom is -0.0585 e. The molecule has 0 saturated heterocycles. The van der Waals surface area contributed by atoms with Gasteiger partial charge < -0.3 is 0 Å². The van der Waals surface area contributed by atoms with Gasteiger partial charge in [-0.2, -0.15) is 0 Å². The Balaban J connectivity index is 0.000000189. The van der Waals surface area contributed by atoms with E-state index in [1.54, 1.807) is 0 Å². The molecule has 0 aromatic heterocycles. The summed E-state index contributed by atoms with van der Waals surface area (Å²) in [5.74, 6) is 1.34. The first-order valence-electron chi connectivity index (χ1n) is 3.74. The Kier molecular flexibility index (Phi) is 8.44. The van der Waals surface area contributed by atoms with Gasteiger partial charge in [-0.1, -0.05) is 6.92 Å². The van der Waals surface area contributed by atoms with Crippen molar-refractivity contribution in [3.8, 4) is 0 Å². The quantitative estimate of drug-likeness (QED) is 0.530. The fourth-order valence-electron chi connectivity index (χ4n) is 0.791. The van der Waals surface area contributed by atoms with Crippen LogP contribution in [0.15, 0.2) is 0 Å². The zero-order chi connectivity index (χ0) is 7.94. The molecule has 0 bridgehead atoms. The minimum atomic E-state index is 0. The molecular formula is C11H12Ni. The van der Waals surface area contributed by atoms with Crippen molar-refractivity contribution >= 4 is 0 Å². The Morgan fingerprint density at radius 2 is 1.00 bits per heavy atom. The summed E-state index contributed by atoms with van der Waals surface area (Å²) in [6.45, 7) is 2.08. The van der Waals surface area contributed by atoms with E-state index in [2.05, 4.69) is 19.8 Å². The van der Waals surface area contributed by atoms with Crippen molar-refractivity contribution in [1.29, 1.82) is 0 Å². The molecular weight excluding hydrogens is 191 g/mol. The number of rotatable bonds is 0. The molecule has 0 aromatic rings. The smallest absolute Gasteiger partial charge is 0 e. The monoisotopic (exact) mass is 202 g/mol. The van der Waals surface area contributed by atoms with Crippen molar-refractivity contribution in [2.75, 3.05) is 0 Å². The topological polar surface area (TPSA) is 0 Å². The van der Waals surface area contributed by atoms with Crippen LogP contribution in [0.25, 0.3) is 0 Å². The van der Waals surface area contributed by atoms with Gasteiger partial charge in [0.05, 0.1) is 0 Å². The van der Waals surface area contributed by atoms with Crippen molar-refractivity contribution < 1.29 is 16.5 Å². The molecule has 2 aliphatic rings. The SMILES string of the molecule is C[C]1[CH][CH][CH][CH]1.[CH]1[CH][CH][CH][CH]1.[Ni]. The summed E-state index contributed by atoms with van der Waals surface area (Å²) < 4.78 is 0. The largest absolute Gasteiger partial charge is 0.0585 e. The number of hydrogen-bond donors (Lipinski definition) is 0. The molecule has 0 nitrogen and oxygen atoms in total. The van der Waals surface area contributed by atoms with E-state index in [-0.39, 0.29) is 16.5 Å². The fraction of sp³-hybridized carbons (Fsp3) is 0.0909. The second-order valence-corrected chi connectivity index (χ2v) is 2.42. The molecule has 0 heterocycles. The third-order valence-electron chi connectivity index (χ3n) is 1.38. The molecule has 66 valence electrons. The van der Waals surface area contributed by atoms with Gasteiger partial charge in [-0.25, -0.2) is 0 Å². The molecule has 2 rings (SSSR count). The Morgan fingerprint density at radius 1 is 0.667 bits per heavy atom. The molecule has 0 aliphatic heterocycles. The van der Waals surface area contributed by atoms with Crippen LogP contribution >= 0.6 is 0 Å². The third kappa shape index (κ3) is 6.06. The van der Waals surface area contributed by atoms with Gasteiger partial charge in [0.25, 0.3) is 0 Å². The summed E-state index contributed by atoms with van der Waals surface area (Å²) in [4.78, 5) is 0. The first kappa shape index (κ1) is 12.5. The Labute approximate surface area is 87.4 Å². The van der Waals surface area contributed by atoms with E-state index in [4.69, 9.17) is 0 Å². The zero-order valence-corrected chi connectivity index (χ0v) is 8.00. The average Bonchev–Trinajstić information content (AvgIpc) is 2.57. The molecule has 10 radical (unpaired) electrons. The van der Waals surface area contributed by atoms with E-state index in [0.29, 0.717) is 0 Å². The van der Waals surface area contributed by atoms with E-state index in [1.165, 1.54) is 5.92 Å². The van der Waals surface area contributed by atoms with E-state index >= 15 is 0 Å². The molecule has 2 saturated carbocycles. The Hall–Kier alpha value is 0.494. The van der Waals surface area contributed by atoms with Gasteiger partial charge in [-0.3, -0.25) is 0 Å². The van der Waals surface area contributed by atoms with Crippen LogP contribution in [0.4, 0.5) is 0 Å². The maximum Gasteiger partial charge on any atom is 0 e. The summed E-state index contributed by atoms with van der Waals surface area (Å²) in [5, 5.41) is 0. The molecule has 0 unspecified atom stereocenters. The van der Waals surface area contributed by atoms with Gasteiger partial charge in [0.1, 0.15) is 0 Å². The van der Waals surface area contributed by atoms with Crippen LogP contribution in [0.1, 0.15) is 6.92 Å². The van der Waals surface area contributed by atoms with Crippen LogP contribution in [0, 0.1) is 63.7 Å². The maximum absolute atomic E-state index is 2.08. The van der Waals surface area contributed by atoms with Crippen LogP contribution in [0.5, 0.6) is 0 Å². The third-order valence-corrected chi connectivity index (χ3v) is 1.38. The molecule has 0 amide bonds. The summed E-state index contributed by atoms with van der Waals surface area (Å²) in [7, 11) is 0. The van der Waals surface area contributed by atoms with Crippen LogP contribution in [-0.2, 0) is 16.5 Å². The summed E-state index contributed by atoms with van der Waals surface area (Å²) in [6.07, 6.45) is 18.2. The minimum absolute atomic E-state index is 0. The molecule has 2 aliphatic carbocycles. The standard InChI is InChI=1S/C6H7.C5H5.Ni/c1-6-4-2-3-5-6;1-2-4-5-3-1;/h2-5H,1H3;1-5H;. The zero-order valence-electron chi connectivity index (χ0n) is 7.01. The molecule has 12 heavy (non-hydrogen) atoms. The molecule has 2 fully saturated rings. The van der Waals surface area contributed by atoms with Crippen LogP contribution in [-0.4, -0.2) is 0 Å². The van der Waals surface area contributed by atoms with Gasteiger partial charge in [0.2, 0.25) is 0 Å². The van der Waals surface area contributed by atoms with Crippen molar-refractivity contribution in [1.82, 2.24) is 0 Å². The van der Waals surface area contributed by atoms with Gasteiger partial charge in [0.15, 0.2) is 0 Å². The predicted octanol–water partition coefficient (Wildman–Crippen LogP) is 2.43. The second-order valence-electron chi connectivity index (χ2n) is 2.42. The normalized spacial score (nSPS) is 22.8. The van der Waals surface area contributed by atoms with Crippen LogP contribution in [0.3, 0.4) is 0 Å². The van der Waals surface area contributed by atoms with Gasteiger partial charge in [-0.15, -0.1) is 0 Å². The van der Waals surface area contributed by atoms with Gasteiger partial charge in [-0.05, 0) is 63.7 Å². The second kappa shape index (κ2) is 8.11. The van der Waals surface area contributed by atoms with E-state index < -0.39 is 0 Å². The first-order chi connectivity index (χ1) is 5.39. The average molecular weight is 203 g/mol. The van der Waals surface area contributed by atoms with Crippen molar-refractivity contribution in [3.05, 3.63) is 63.7 Å². The van der Waals surface area contributed by atoms with Gasteiger partial charge >= 0.3 is 0 Å².